The Balaban J connectivity index is 1.80. The largest absolute Gasteiger partial charge is 0.495 e. The molecule has 2 aromatic rings. The van der Waals surface area contributed by atoms with E-state index in [0.29, 0.717) is 11.3 Å². The minimum atomic E-state index is -0.0952. The van der Waals surface area contributed by atoms with Gasteiger partial charge in [-0.1, -0.05) is 0 Å². The van der Waals surface area contributed by atoms with E-state index in [1.54, 1.807) is 13.3 Å². The molecule has 110 valence electrons. The fourth-order valence-electron chi connectivity index (χ4n) is 2.57. The summed E-state index contributed by atoms with van der Waals surface area (Å²) in [5.74, 6) is 0.742. The van der Waals surface area contributed by atoms with Crippen molar-refractivity contribution in [3.63, 3.8) is 0 Å². The molecule has 0 aliphatic carbocycles. The van der Waals surface area contributed by atoms with Gasteiger partial charge in [-0.15, -0.1) is 0 Å². The smallest absolute Gasteiger partial charge is 0.256 e. The number of nitrogens with zero attached hydrogens (tertiary/aromatic N) is 2. The highest BCUT2D eigenvalue weighted by Gasteiger charge is 2.19. The van der Waals surface area contributed by atoms with Crippen LogP contribution in [0.3, 0.4) is 0 Å². The van der Waals surface area contributed by atoms with Gasteiger partial charge in [0.2, 0.25) is 0 Å². The van der Waals surface area contributed by atoms with E-state index < -0.39 is 0 Å². The monoisotopic (exact) mass is 304 g/mol. The summed E-state index contributed by atoms with van der Waals surface area (Å²) in [5.41, 5.74) is 2.69. The van der Waals surface area contributed by atoms with E-state index in [4.69, 9.17) is 17.0 Å². The SMILES string of the molecule is COc1cncc(CN2CCc3[nH]c(=S)[nH]c(=O)c3C2)c1. The number of hydrogen-bond donors (Lipinski definition) is 2. The summed E-state index contributed by atoms with van der Waals surface area (Å²) in [4.78, 5) is 24.1. The molecule has 2 aromatic heterocycles. The van der Waals surface area contributed by atoms with Crippen LogP contribution in [-0.2, 0) is 19.5 Å². The molecule has 0 atom stereocenters. The van der Waals surface area contributed by atoms with Gasteiger partial charge in [0, 0.05) is 37.9 Å². The number of H-pyrrole nitrogens is 2. The predicted molar refractivity (Wildman–Crippen MR) is 80.9 cm³/mol. The lowest BCUT2D eigenvalue weighted by molar-refractivity contribution is 0.241. The van der Waals surface area contributed by atoms with Gasteiger partial charge in [0.1, 0.15) is 5.75 Å². The van der Waals surface area contributed by atoms with Gasteiger partial charge in [-0.3, -0.25) is 19.7 Å². The highest BCUT2D eigenvalue weighted by Crippen LogP contribution is 2.17. The Hall–Kier alpha value is -1.99. The zero-order valence-corrected chi connectivity index (χ0v) is 12.5. The number of rotatable bonds is 3. The van der Waals surface area contributed by atoms with Crippen molar-refractivity contribution in [1.82, 2.24) is 19.9 Å². The fourth-order valence-corrected chi connectivity index (χ4v) is 2.78. The van der Waals surface area contributed by atoms with Crippen LogP contribution in [0.15, 0.2) is 23.3 Å². The molecule has 2 N–H and O–H groups in total. The summed E-state index contributed by atoms with van der Waals surface area (Å²) < 4.78 is 5.57. The molecule has 1 aliphatic rings. The van der Waals surface area contributed by atoms with Crippen molar-refractivity contribution in [2.75, 3.05) is 13.7 Å². The third-order valence-electron chi connectivity index (χ3n) is 3.60. The number of aromatic nitrogens is 3. The van der Waals surface area contributed by atoms with Gasteiger partial charge in [-0.05, 0) is 23.8 Å². The van der Waals surface area contributed by atoms with Gasteiger partial charge in [-0.25, -0.2) is 0 Å². The van der Waals surface area contributed by atoms with Crippen LogP contribution in [0.5, 0.6) is 5.75 Å². The average molecular weight is 304 g/mol. The molecule has 0 saturated carbocycles. The van der Waals surface area contributed by atoms with Crippen LogP contribution in [-0.4, -0.2) is 33.5 Å². The second-order valence-corrected chi connectivity index (χ2v) is 5.47. The molecule has 0 saturated heterocycles. The first kappa shape index (κ1) is 14.0. The van der Waals surface area contributed by atoms with Crippen molar-refractivity contribution in [1.29, 1.82) is 0 Å². The molecule has 0 aromatic carbocycles. The second-order valence-electron chi connectivity index (χ2n) is 5.06. The molecule has 0 spiro atoms. The molecule has 1 aliphatic heterocycles. The second kappa shape index (κ2) is 5.79. The fraction of sp³-hybridized carbons (Fsp3) is 0.357. The lowest BCUT2D eigenvalue weighted by Crippen LogP contribution is -2.35. The van der Waals surface area contributed by atoms with Crippen molar-refractivity contribution in [3.05, 3.63) is 50.4 Å². The molecular formula is C14H16N4O2S. The van der Waals surface area contributed by atoms with Crippen LogP contribution in [0, 0.1) is 4.77 Å². The Morgan fingerprint density at radius 3 is 3.10 bits per heavy atom. The molecule has 3 rings (SSSR count). The molecule has 0 radical (unpaired) electrons. The minimum absolute atomic E-state index is 0.0952. The zero-order chi connectivity index (χ0) is 14.8. The molecule has 0 unspecified atom stereocenters. The Bertz CT molecular complexity index is 768. The third kappa shape index (κ3) is 3.03. The highest BCUT2D eigenvalue weighted by molar-refractivity contribution is 7.71. The van der Waals surface area contributed by atoms with E-state index >= 15 is 0 Å². The average Bonchev–Trinajstić information content (AvgIpc) is 2.48. The molecule has 6 nitrogen and oxygen atoms in total. The van der Waals surface area contributed by atoms with Crippen LogP contribution in [0.25, 0.3) is 0 Å². The molecule has 3 heterocycles. The van der Waals surface area contributed by atoms with E-state index in [1.807, 2.05) is 12.3 Å². The van der Waals surface area contributed by atoms with Gasteiger partial charge in [0.15, 0.2) is 4.77 Å². The van der Waals surface area contributed by atoms with E-state index in [2.05, 4.69) is 19.9 Å². The zero-order valence-electron chi connectivity index (χ0n) is 11.7. The Morgan fingerprint density at radius 1 is 1.43 bits per heavy atom. The first-order chi connectivity index (χ1) is 10.2. The van der Waals surface area contributed by atoms with Crippen molar-refractivity contribution < 1.29 is 4.74 Å². The lowest BCUT2D eigenvalue weighted by atomic mass is 10.1. The predicted octanol–water partition coefficient (Wildman–Crippen LogP) is 1.39. The first-order valence-corrected chi connectivity index (χ1v) is 7.11. The Kier molecular flexibility index (Phi) is 3.85. The number of aromatic amines is 2. The maximum Gasteiger partial charge on any atom is 0.256 e. The minimum Gasteiger partial charge on any atom is -0.495 e. The summed E-state index contributed by atoms with van der Waals surface area (Å²) in [5, 5.41) is 0. The van der Waals surface area contributed by atoms with Crippen LogP contribution < -0.4 is 10.3 Å². The number of ether oxygens (including phenoxy) is 1. The maximum absolute atomic E-state index is 12.0. The van der Waals surface area contributed by atoms with Crippen LogP contribution in [0.2, 0.25) is 0 Å². The molecule has 21 heavy (non-hydrogen) atoms. The van der Waals surface area contributed by atoms with Gasteiger partial charge >= 0.3 is 0 Å². The Labute approximate surface area is 126 Å². The number of pyridine rings is 1. The highest BCUT2D eigenvalue weighted by atomic mass is 32.1. The normalized spacial score (nSPS) is 14.7. The van der Waals surface area contributed by atoms with Crippen LogP contribution in [0.1, 0.15) is 16.8 Å². The van der Waals surface area contributed by atoms with E-state index in [0.717, 1.165) is 42.1 Å². The Morgan fingerprint density at radius 2 is 2.29 bits per heavy atom. The standard InChI is InChI=1S/C14H16N4O2S/c1-20-10-4-9(5-15-6-10)7-18-3-2-12-11(8-18)13(19)17-14(21)16-12/h4-6H,2-3,7-8H2,1H3,(H2,16,17,19,21). The van der Waals surface area contributed by atoms with Gasteiger partial charge in [0.05, 0.1) is 18.9 Å². The van der Waals surface area contributed by atoms with Crippen molar-refractivity contribution >= 4 is 12.2 Å². The molecule has 7 heteroatoms. The number of nitrogens with one attached hydrogen (secondary N) is 2. The third-order valence-corrected chi connectivity index (χ3v) is 3.81. The number of hydrogen-bond acceptors (Lipinski definition) is 5. The summed E-state index contributed by atoms with van der Waals surface area (Å²) in [7, 11) is 1.62. The van der Waals surface area contributed by atoms with E-state index in [-0.39, 0.29) is 5.56 Å². The topological polar surface area (TPSA) is 74.0 Å². The van der Waals surface area contributed by atoms with Crippen molar-refractivity contribution in [2.45, 2.75) is 19.5 Å². The van der Waals surface area contributed by atoms with Gasteiger partial charge in [-0.2, -0.15) is 0 Å². The van der Waals surface area contributed by atoms with Gasteiger partial charge in [0.25, 0.3) is 5.56 Å². The maximum atomic E-state index is 12.0. The summed E-state index contributed by atoms with van der Waals surface area (Å²) in [6, 6.07) is 1.96. The van der Waals surface area contributed by atoms with Gasteiger partial charge < -0.3 is 9.72 Å². The number of methoxy groups -OCH3 is 1. The lowest BCUT2D eigenvalue weighted by Gasteiger charge is -2.27. The summed E-state index contributed by atoms with van der Waals surface area (Å²) in [6.07, 6.45) is 4.29. The van der Waals surface area contributed by atoms with Crippen molar-refractivity contribution in [2.24, 2.45) is 0 Å². The first-order valence-electron chi connectivity index (χ1n) is 6.70. The summed E-state index contributed by atoms with van der Waals surface area (Å²) >= 11 is 5.00. The number of fused-ring (bicyclic) bond motifs is 1. The summed E-state index contributed by atoms with van der Waals surface area (Å²) in [6.45, 7) is 2.21. The molecule has 0 amide bonds. The molecule has 0 fully saturated rings. The van der Waals surface area contributed by atoms with E-state index in [9.17, 15) is 4.79 Å². The van der Waals surface area contributed by atoms with Crippen LogP contribution in [0.4, 0.5) is 0 Å². The molecule has 0 bridgehead atoms. The van der Waals surface area contributed by atoms with Crippen LogP contribution >= 0.6 is 12.2 Å². The van der Waals surface area contributed by atoms with E-state index in [1.165, 1.54) is 0 Å². The quantitative estimate of drug-likeness (QED) is 0.838. The van der Waals surface area contributed by atoms with Crippen molar-refractivity contribution in [3.8, 4) is 5.75 Å². The molecular weight excluding hydrogens is 288 g/mol.